The lowest BCUT2D eigenvalue weighted by Crippen LogP contribution is -2.80. The van der Waals surface area contributed by atoms with Crippen molar-refractivity contribution < 1.29 is 0 Å². The van der Waals surface area contributed by atoms with Crippen molar-refractivity contribution in [3.05, 3.63) is 29.3 Å². The molecule has 6 N–H and O–H groups in total. The lowest BCUT2D eigenvalue weighted by Gasteiger charge is -2.57. The summed E-state index contributed by atoms with van der Waals surface area (Å²) in [6.07, 6.45) is 8.76. The molecule has 4 unspecified atom stereocenters. The smallest absolute Gasteiger partial charge is 0.139 e. The van der Waals surface area contributed by atoms with Gasteiger partial charge in [-0.05, 0) is 63.0 Å². The normalized spacial score (nSPS) is 32.5. The zero-order valence-electron chi connectivity index (χ0n) is 18.9. The van der Waals surface area contributed by atoms with Crippen LogP contribution in [0.3, 0.4) is 0 Å². The molecule has 31 heavy (non-hydrogen) atoms. The van der Waals surface area contributed by atoms with Gasteiger partial charge in [0.2, 0.25) is 0 Å². The SMILES string of the molecule is CCN1CCCC1CN1C(N)N(c2ccc(Cl)cc2)C(N)N(C2CCCCCC2)C1N. The molecule has 0 spiro atoms. The summed E-state index contributed by atoms with van der Waals surface area (Å²) in [4.78, 5) is 9.27. The Balaban J connectivity index is 1.65. The van der Waals surface area contributed by atoms with Gasteiger partial charge in [-0.25, -0.2) is 9.80 Å². The van der Waals surface area contributed by atoms with Crippen molar-refractivity contribution in [3.63, 3.8) is 0 Å². The molecule has 7 nitrogen and oxygen atoms in total. The van der Waals surface area contributed by atoms with Crippen LogP contribution in [-0.2, 0) is 0 Å². The van der Waals surface area contributed by atoms with Crippen LogP contribution in [0.1, 0.15) is 58.3 Å². The molecule has 3 fully saturated rings. The van der Waals surface area contributed by atoms with Crippen LogP contribution < -0.4 is 22.1 Å². The monoisotopic (exact) mass is 449 g/mol. The Bertz CT molecular complexity index is 694. The van der Waals surface area contributed by atoms with Crippen LogP contribution in [0.2, 0.25) is 5.02 Å². The van der Waals surface area contributed by atoms with Crippen molar-refractivity contribution >= 4 is 17.3 Å². The lowest BCUT2D eigenvalue weighted by atomic mass is 10.1. The van der Waals surface area contributed by atoms with Gasteiger partial charge in [0.25, 0.3) is 0 Å². The van der Waals surface area contributed by atoms with Crippen LogP contribution in [-0.4, -0.2) is 65.3 Å². The first-order valence-corrected chi connectivity index (χ1v) is 12.5. The zero-order chi connectivity index (χ0) is 22.0. The standard InChI is InChI=1S/C23H40ClN7/c1-2-28-15-7-10-20(28)16-29-21(25)30(18-8-5-3-4-6-9-18)23(27)31(22(29)26)19-13-11-17(24)12-14-19/h11-14,18,20-23H,2-10,15-16,25-27H2,1H3. The summed E-state index contributed by atoms with van der Waals surface area (Å²) in [6, 6.07) is 8.69. The number of benzene rings is 1. The molecular weight excluding hydrogens is 410 g/mol. The Morgan fingerprint density at radius 1 is 0.871 bits per heavy atom. The summed E-state index contributed by atoms with van der Waals surface area (Å²) >= 11 is 6.16. The average Bonchev–Trinajstić information content (AvgIpc) is 3.05. The quantitative estimate of drug-likeness (QED) is 0.595. The van der Waals surface area contributed by atoms with Gasteiger partial charge >= 0.3 is 0 Å². The van der Waals surface area contributed by atoms with E-state index in [1.807, 2.05) is 24.3 Å². The summed E-state index contributed by atoms with van der Waals surface area (Å²) < 4.78 is 0. The van der Waals surface area contributed by atoms with E-state index in [0.717, 1.165) is 38.2 Å². The van der Waals surface area contributed by atoms with Crippen molar-refractivity contribution in [2.75, 3.05) is 24.5 Å². The predicted octanol–water partition coefficient (Wildman–Crippen LogP) is 2.70. The van der Waals surface area contributed by atoms with E-state index in [4.69, 9.17) is 28.8 Å². The van der Waals surface area contributed by atoms with E-state index >= 15 is 0 Å². The molecule has 0 radical (unpaired) electrons. The molecule has 8 heteroatoms. The second-order valence-corrected chi connectivity index (χ2v) is 9.77. The molecule has 174 valence electrons. The van der Waals surface area contributed by atoms with E-state index in [1.165, 1.54) is 38.5 Å². The van der Waals surface area contributed by atoms with E-state index in [0.29, 0.717) is 17.1 Å². The number of likely N-dealkylation sites (tertiary alicyclic amines) is 1. The molecule has 2 saturated heterocycles. The molecule has 1 aliphatic carbocycles. The third-order valence-electron chi connectivity index (χ3n) is 7.56. The fourth-order valence-electron chi connectivity index (χ4n) is 5.83. The van der Waals surface area contributed by atoms with E-state index in [-0.39, 0.29) is 18.9 Å². The molecule has 2 heterocycles. The van der Waals surface area contributed by atoms with Crippen molar-refractivity contribution in [3.8, 4) is 0 Å². The Kier molecular flexibility index (Phi) is 7.75. The Labute approximate surface area is 192 Å². The molecule has 0 aromatic heterocycles. The fourth-order valence-corrected chi connectivity index (χ4v) is 5.95. The summed E-state index contributed by atoms with van der Waals surface area (Å²) in [6.45, 7) is 5.32. The van der Waals surface area contributed by atoms with Gasteiger partial charge in [-0.15, -0.1) is 0 Å². The molecule has 4 atom stereocenters. The van der Waals surface area contributed by atoms with E-state index in [1.54, 1.807) is 0 Å². The number of likely N-dealkylation sites (N-methyl/N-ethyl adjacent to an activating group) is 1. The maximum absolute atomic E-state index is 6.94. The first kappa shape index (κ1) is 23.2. The second-order valence-electron chi connectivity index (χ2n) is 9.34. The highest BCUT2D eigenvalue weighted by Crippen LogP contribution is 2.33. The number of nitrogens with two attached hydrogens (primary N) is 3. The van der Waals surface area contributed by atoms with Gasteiger partial charge in [0.05, 0.1) is 0 Å². The molecule has 2 aliphatic heterocycles. The number of hydrogen-bond acceptors (Lipinski definition) is 7. The first-order chi connectivity index (χ1) is 15.0. The van der Waals surface area contributed by atoms with Gasteiger partial charge in [-0.3, -0.25) is 16.4 Å². The van der Waals surface area contributed by atoms with Crippen LogP contribution in [0.4, 0.5) is 5.69 Å². The van der Waals surface area contributed by atoms with Gasteiger partial charge in [0.15, 0.2) is 0 Å². The van der Waals surface area contributed by atoms with Gasteiger partial charge < -0.3 is 10.6 Å². The Hall–Kier alpha value is -0.930. The van der Waals surface area contributed by atoms with E-state index in [2.05, 4.69) is 26.5 Å². The summed E-state index contributed by atoms with van der Waals surface area (Å²) in [5.74, 6) is 0. The summed E-state index contributed by atoms with van der Waals surface area (Å²) in [5.41, 5.74) is 21.7. The molecule has 1 aromatic rings. The summed E-state index contributed by atoms with van der Waals surface area (Å²) in [5, 5.41) is 0.710. The molecule has 1 aromatic carbocycles. The first-order valence-electron chi connectivity index (χ1n) is 12.1. The number of nitrogens with zero attached hydrogens (tertiary/aromatic N) is 4. The second kappa shape index (κ2) is 10.3. The van der Waals surface area contributed by atoms with Crippen LogP contribution in [0.5, 0.6) is 0 Å². The molecule has 0 bridgehead atoms. The van der Waals surface area contributed by atoms with Gasteiger partial charge in [-0.1, -0.05) is 44.2 Å². The van der Waals surface area contributed by atoms with Crippen LogP contribution in [0.25, 0.3) is 0 Å². The molecular formula is C23H40ClN7. The van der Waals surface area contributed by atoms with E-state index in [9.17, 15) is 0 Å². The Morgan fingerprint density at radius 3 is 2.19 bits per heavy atom. The van der Waals surface area contributed by atoms with Gasteiger partial charge in [0, 0.05) is 29.3 Å². The molecule has 1 saturated carbocycles. The third kappa shape index (κ3) is 4.88. The highest BCUT2D eigenvalue weighted by atomic mass is 35.5. The topological polar surface area (TPSA) is 91.0 Å². The largest absolute Gasteiger partial charge is 0.315 e. The van der Waals surface area contributed by atoms with Crippen molar-refractivity contribution in [2.45, 2.75) is 89.2 Å². The maximum atomic E-state index is 6.94. The summed E-state index contributed by atoms with van der Waals surface area (Å²) in [7, 11) is 0. The lowest BCUT2D eigenvalue weighted by molar-refractivity contribution is -0.0917. The number of anilines is 1. The minimum atomic E-state index is -0.382. The Morgan fingerprint density at radius 2 is 1.55 bits per heavy atom. The van der Waals surface area contributed by atoms with Crippen molar-refractivity contribution in [1.29, 1.82) is 0 Å². The predicted molar refractivity (Wildman–Crippen MR) is 128 cm³/mol. The number of halogens is 1. The minimum Gasteiger partial charge on any atom is -0.315 e. The van der Waals surface area contributed by atoms with Crippen molar-refractivity contribution in [2.24, 2.45) is 17.2 Å². The zero-order valence-corrected chi connectivity index (χ0v) is 19.6. The number of rotatable bonds is 5. The number of hydrogen-bond donors (Lipinski definition) is 3. The molecule has 3 aliphatic rings. The van der Waals surface area contributed by atoms with Crippen LogP contribution in [0, 0.1) is 0 Å². The van der Waals surface area contributed by atoms with Crippen molar-refractivity contribution in [1.82, 2.24) is 14.7 Å². The van der Waals surface area contributed by atoms with Gasteiger partial charge in [-0.2, -0.15) is 0 Å². The third-order valence-corrected chi connectivity index (χ3v) is 7.81. The fraction of sp³-hybridized carbons (Fsp3) is 0.739. The maximum Gasteiger partial charge on any atom is 0.139 e. The average molecular weight is 450 g/mol. The van der Waals surface area contributed by atoms with E-state index < -0.39 is 0 Å². The van der Waals surface area contributed by atoms with Crippen LogP contribution >= 0.6 is 11.6 Å². The highest BCUT2D eigenvalue weighted by molar-refractivity contribution is 6.30. The van der Waals surface area contributed by atoms with Gasteiger partial charge in [0.1, 0.15) is 18.9 Å². The minimum absolute atomic E-state index is 0.282. The molecule has 4 rings (SSSR count). The highest BCUT2D eigenvalue weighted by Gasteiger charge is 2.45. The van der Waals surface area contributed by atoms with Crippen LogP contribution in [0.15, 0.2) is 24.3 Å². The molecule has 0 amide bonds.